The van der Waals surface area contributed by atoms with Crippen LogP contribution in [0.4, 0.5) is 5.82 Å². The molecule has 31 heavy (non-hydrogen) atoms. The maximum absolute atomic E-state index is 12.6. The van der Waals surface area contributed by atoms with E-state index >= 15 is 0 Å². The molecule has 2 amide bonds. The van der Waals surface area contributed by atoms with E-state index in [-0.39, 0.29) is 16.9 Å². The quantitative estimate of drug-likeness (QED) is 0.484. The molecule has 10 nitrogen and oxygen atoms in total. The summed E-state index contributed by atoms with van der Waals surface area (Å²) in [5, 5.41) is 11.1. The van der Waals surface area contributed by atoms with Crippen LogP contribution in [0.15, 0.2) is 53.6 Å². The fraction of sp³-hybridized carbons (Fsp3) is 0.0952. The van der Waals surface area contributed by atoms with Crippen LogP contribution in [-0.2, 0) is 7.05 Å². The third-order valence-electron chi connectivity index (χ3n) is 5.20. The molecular formula is C21H17N7O3. The van der Waals surface area contributed by atoms with Crippen molar-refractivity contribution in [1.29, 1.82) is 0 Å². The second kappa shape index (κ2) is 6.52. The first-order valence-electron chi connectivity index (χ1n) is 9.42. The van der Waals surface area contributed by atoms with E-state index in [0.29, 0.717) is 5.69 Å². The van der Waals surface area contributed by atoms with Crippen molar-refractivity contribution in [2.45, 2.75) is 6.92 Å². The third-order valence-corrected chi connectivity index (χ3v) is 5.20. The summed E-state index contributed by atoms with van der Waals surface area (Å²) < 4.78 is 4.66. The summed E-state index contributed by atoms with van der Waals surface area (Å²) in [5.74, 6) is -1.31. The van der Waals surface area contributed by atoms with Gasteiger partial charge >= 0.3 is 0 Å². The number of carbonyl (C=O) groups excluding carboxylic acids is 2. The number of aromatic nitrogens is 5. The minimum absolute atomic E-state index is 0.00450. The summed E-state index contributed by atoms with van der Waals surface area (Å²) in [4.78, 5) is 36.4. The molecule has 3 aromatic heterocycles. The summed E-state index contributed by atoms with van der Waals surface area (Å²) in [7, 11) is 1.86. The normalized spacial score (nSPS) is 12.8. The molecule has 4 heterocycles. The summed E-state index contributed by atoms with van der Waals surface area (Å²) in [5.41, 5.74) is 9.46. The lowest BCUT2D eigenvalue weighted by atomic mass is 10.1. The highest BCUT2D eigenvalue weighted by atomic mass is 16.2. The minimum atomic E-state index is -0.621. The number of fused-ring (bicyclic) bond motifs is 1. The molecule has 0 aliphatic carbocycles. The number of hydrogen-bond donors (Lipinski definition) is 2. The highest BCUT2D eigenvalue weighted by Gasteiger charge is 2.31. The molecular weight excluding hydrogens is 398 g/mol. The van der Waals surface area contributed by atoms with E-state index in [1.165, 1.54) is 4.57 Å². The smallest absolute Gasteiger partial charge is 0.262 e. The van der Waals surface area contributed by atoms with Crippen LogP contribution in [0.3, 0.4) is 0 Å². The standard InChI is InChI=1S/C21H17N7O3/c1-11-15(10-26(2)24-11)16-7-8-27(25-16)12-3-5-13(6-4-12)28-17(29)9-14-18(19(28)22)21(31)23-20(14)30/h3-10H,22H2,1-2H3,(H,23,30,31). The number of hydrogen-bond acceptors (Lipinski definition) is 6. The van der Waals surface area contributed by atoms with E-state index in [2.05, 4.69) is 15.5 Å². The Morgan fingerprint density at radius 3 is 2.32 bits per heavy atom. The van der Waals surface area contributed by atoms with Gasteiger partial charge in [0.1, 0.15) is 5.82 Å². The average Bonchev–Trinajstić information content (AvgIpc) is 3.40. The van der Waals surface area contributed by atoms with Gasteiger partial charge in [0.15, 0.2) is 0 Å². The number of aryl methyl sites for hydroxylation is 2. The number of nitrogens with zero attached hydrogens (tertiary/aromatic N) is 5. The molecule has 0 bridgehead atoms. The Labute approximate surface area is 175 Å². The number of nitrogen functional groups attached to an aromatic ring is 1. The fourth-order valence-electron chi connectivity index (χ4n) is 3.76. The van der Waals surface area contributed by atoms with Crippen molar-refractivity contribution in [1.82, 2.24) is 29.4 Å². The maximum atomic E-state index is 12.6. The van der Waals surface area contributed by atoms with E-state index in [1.54, 1.807) is 33.6 Å². The van der Waals surface area contributed by atoms with E-state index in [9.17, 15) is 14.4 Å². The van der Waals surface area contributed by atoms with Crippen molar-refractivity contribution in [2.24, 2.45) is 7.05 Å². The molecule has 4 aromatic rings. The first-order valence-corrected chi connectivity index (χ1v) is 9.42. The van der Waals surface area contributed by atoms with Crippen LogP contribution in [0.25, 0.3) is 22.6 Å². The Hall–Kier alpha value is -4.47. The monoisotopic (exact) mass is 415 g/mol. The second-order valence-corrected chi connectivity index (χ2v) is 7.24. The SMILES string of the molecule is Cc1nn(C)cc1-c1ccn(-c2ccc(-n3c(N)c4c(cc3=O)C(=O)NC4=O)cc2)n1. The molecule has 0 atom stereocenters. The number of pyridine rings is 1. The van der Waals surface area contributed by atoms with Crippen molar-refractivity contribution in [3.8, 4) is 22.6 Å². The number of imide groups is 1. The molecule has 5 rings (SSSR count). The summed E-state index contributed by atoms with van der Waals surface area (Å²) in [6.45, 7) is 1.93. The zero-order valence-electron chi connectivity index (χ0n) is 16.7. The molecule has 0 saturated carbocycles. The van der Waals surface area contributed by atoms with Crippen molar-refractivity contribution in [3.05, 3.63) is 76.0 Å². The van der Waals surface area contributed by atoms with Crippen LogP contribution in [-0.4, -0.2) is 35.9 Å². The topological polar surface area (TPSA) is 130 Å². The molecule has 0 radical (unpaired) electrons. The summed E-state index contributed by atoms with van der Waals surface area (Å²) in [6, 6.07) is 9.99. The summed E-state index contributed by atoms with van der Waals surface area (Å²) in [6.07, 6.45) is 3.75. The van der Waals surface area contributed by atoms with Crippen LogP contribution in [0, 0.1) is 6.92 Å². The predicted molar refractivity (Wildman–Crippen MR) is 112 cm³/mol. The minimum Gasteiger partial charge on any atom is -0.384 e. The predicted octanol–water partition coefficient (Wildman–Crippen LogP) is 1.20. The van der Waals surface area contributed by atoms with Gasteiger partial charge in [0.2, 0.25) is 0 Å². The number of nitrogens with two attached hydrogens (primary N) is 1. The van der Waals surface area contributed by atoms with Crippen molar-refractivity contribution < 1.29 is 9.59 Å². The van der Waals surface area contributed by atoms with E-state index in [1.807, 2.05) is 32.4 Å². The van der Waals surface area contributed by atoms with Gasteiger partial charge in [0, 0.05) is 31.1 Å². The number of benzene rings is 1. The average molecular weight is 415 g/mol. The lowest BCUT2D eigenvalue weighted by molar-refractivity contribution is 0.0880. The second-order valence-electron chi connectivity index (χ2n) is 7.24. The Bertz CT molecular complexity index is 1440. The molecule has 0 spiro atoms. The molecule has 3 N–H and O–H groups in total. The number of rotatable bonds is 3. The van der Waals surface area contributed by atoms with Gasteiger partial charge in [-0.25, -0.2) is 4.68 Å². The Kier molecular flexibility index (Phi) is 3.90. The van der Waals surface area contributed by atoms with Crippen LogP contribution in [0.2, 0.25) is 0 Å². The fourth-order valence-corrected chi connectivity index (χ4v) is 3.76. The zero-order chi connectivity index (χ0) is 21.9. The van der Waals surface area contributed by atoms with Gasteiger partial charge in [0.05, 0.1) is 33.9 Å². The third kappa shape index (κ3) is 2.84. The van der Waals surface area contributed by atoms with Crippen LogP contribution in [0.1, 0.15) is 26.4 Å². The maximum Gasteiger partial charge on any atom is 0.262 e. The largest absolute Gasteiger partial charge is 0.384 e. The Morgan fingerprint density at radius 1 is 0.935 bits per heavy atom. The van der Waals surface area contributed by atoms with Crippen LogP contribution >= 0.6 is 0 Å². The van der Waals surface area contributed by atoms with E-state index < -0.39 is 17.4 Å². The molecule has 1 aliphatic rings. The lowest BCUT2D eigenvalue weighted by Gasteiger charge is -2.12. The van der Waals surface area contributed by atoms with Gasteiger partial charge < -0.3 is 5.73 Å². The zero-order valence-corrected chi connectivity index (χ0v) is 16.7. The van der Waals surface area contributed by atoms with Gasteiger partial charge in [-0.1, -0.05) is 0 Å². The van der Waals surface area contributed by atoms with Gasteiger partial charge in [-0.2, -0.15) is 10.2 Å². The number of nitrogens with one attached hydrogen (secondary N) is 1. The lowest BCUT2D eigenvalue weighted by Crippen LogP contribution is -2.24. The Morgan fingerprint density at radius 2 is 1.65 bits per heavy atom. The summed E-state index contributed by atoms with van der Waals surface area (Å²) >= 11 is 0. The molecule has 0 fully saturated rings. The highest BCUT2D eigenvalue weighted by molar-refractivity contribution is 6.23. The van der Waals surface area contributed by atoms with Crippen molar-refractivity contribution in [2.75, 3.05) is 5.73 Å². The van der Waals surface area contributed by atoms with Gasteiger partial charge in [-0.05, 0) is 37.3 Å². The molecule has 1 aliphatic heterocycles. The van der Waals surface area contributed by atoms with Crippen LogP contribution < -0.4 is 16.6 Å². The van der Waals surface area contributed by atoms with Gasteiger partial charge in [-0.3, -0.25) is 28.9 Å². The molecule has 0 saturated heterocycles. The molecule has 0 unspecified atom stereocenters. The van der Waals surface area contributed by atoms with E-state index in [4.69, 9.17) is 5.73 Å². The highest BCUT2D eigenvalue weighted by Crippen LogP contribution is 2.24. The number of amides is 2. The van der Waals surface area contributed by atoms with Crippen LogP contribution in [0.5, 0.6) is 0 Å². The number of carbonyl (C=O) groups is 2. The number of anilines is 1. The Balaban J connectivity index is 1.52. The van der Waals surface area contributed by atoms with E-state index in [0.717, 1.165) is 28.7 Å². The first kappa shape index (κ1) is 18.6. The molecule has 154 valence electrons. The molecule has 1 aromatic carbocycles. The van der Waals surface area contributed by atoms with Gasteiger partial charge in [-0.15, -0.1) is 0 Å². The van der Waals surface area contributed by atoms with Gasteiger partial charge in [0.25, 0.3) is 17.4 Å². The van der Waals surface area contributed by atoms with Crippen molar-refractivity contribution in [3.63, 3.8) is 0 Å². The van der Waals surface area contributed by atoms with Crippen molar-refractivity contribution >= 4 is 17.6 Å². The first-order chi connectivity index (χ1) is 14.8. The molecule has 10 heteroatoms.